The van der Waals surface area contributed by atoms with Crippen molar-refractivity contribution in [3.05, 3.63) is 47.9 Å². The molecule has 1 amide bonds. The van der Waals surface area contributed by atoms with Crippen molar-refractivity contribution in [2.45, 2.75) is 26.4 Å². The molecule has 2 aliphatic heterocycles. The van der Waals surface area contributed by atoms with Crippen molar-refractivity contribution in [2.24, 2.45) is 0 Å². The van der Waals surface area contributed by atoms with Gasteiger partial charge < -0.3 is 25.0 Å². The number of nitrogens with one attached hydrogen (secondary N) is 2. The molecule has 3 N–H and O–H groups in total. The minimum absolute atomic E-state index is 0.0369. The van der Waals surface area contributed by atoms with Crippen LogP contribution in [0.3, 0.4) is 0 Å². The highest BCUT2D eigenvalue weighted by molar-refractivity contribution is 7.32. The smallest absolute Gasteiger partial charge is 0.474 e. The summed E-state index contributed by atoms with van der Waals surface area (Å²) in [6, 6.07) is 8.94. The number of amides is 1. The third kappa shape index (κ3) is 5.94. The summed E-state index contributed by atoms with van der Waals surface area (Å²) < 4.78 is 41.7. The molecule has 2 aromatic heterocycles. The predicted molar refractivity (Wildman–Crippen MR) is 145 cm³/mol. The summed E-state index contributed by atoms with van der Waals surface area (Å²) in [6.45, 7) is 7.62. The molecular formula is C25H28FN7O6P+. The maximum absolute atomic E-state index is 14.7. The van der Waals surface area contributed by atoms with Gasteiger partial charge >= 0.3 is 8.25 Å². The number of nitrogens with zero attached hydrogens (tertiary/aromatic N) is 5. The lowest BCUT2D eigenvalue weighted by atomic mass is 10.1. The average Bonchev–Trinajstić information content (AvgIpc) is 2.91. The monoisotopic (exact) mass is 572 g/mol. The van der Waals surface area contributed by atoms with Crippen LogP contribution in [0.1, 0.15) is 19.4 Å². The van der Waals surface area contributed by atoms with Crippen LogP contribution in [0, 0.1) is 12.7 Å². The number of anilines is 6. The molecule has 2 aliphatic rings. The molecule has 0 radical (unpaired) electrons. The summed E-state index contributed by atoms with van der Waals surface area (Å²) in [7, 11) is -2.96. The van der Waals surface area contributed by atoms with Crippen molar-refractivity contribution < 1.29 is 32.6 Å². The zero-order valence-corrected chi connectivity index (χ0v) is 22.9. The number of pyridine rings is 1. The van der Waals surface area contributed by atoms with Crippen LogP contribution >= 0.6 is 8.25 Å². The lowest BCUT2D eigenvalue weighted by molar-refractivity contribution is -0.133. The summed E-state index contributed by atoms with van der Waals surface area (Å²) in [6.07, 6.45) is 1.03. The van der Waals surface area contributed by atoms with Crippen molar-refractivity contribution in [1.29, 1.82) is 0 Å². The van der Waals surface area contributed by atoms with Crippen LogP contribution in [-0.4, -0.2) is 64.4 Å². The molecule has 13 nitrogen and oxygen atoms in total. The largest absolute Gasteiger partial charge is 0.696 e. The van der Waals surface area contributed by atoms with Gasteiger partial charge in [0.1, 0.15) is 5.82 Å². The molecule has 0 spiro atoms. The zero-order chi connectivity index (χ0) is 28.4. The highest BCUT2D eigenvalue weighted by Gasteiger charge is 2.43. The van der Waals surface area contributed by atoms with Gasteiger partial charge in [-0.2, -0.15) is 4.98 Å². The van der Waals surface area contributed by atoms with Gasteiger partial charge in [0.2, 0.25) is 5.95 Å². The summed E-state index contributed by atoms with van der Waals surface area (Å²) in [4.78, 5) is 37.9. The third-order valence-electron chi connectivity index (χ3n) is 6.31. The first kappa shape index (κ1) is 27.6. The first-order valence-electron chi connectivity index (χ1n) is 12.4. The number of hydrogen-bond donors (Lipinski definition) is 3. The zero-order valence-electron chi connectivity index (χ0n) is 22.0. The second kappa shape index (κ2) is 11.3. The van der Waals surface area contributed by atoms with Crippen molar-refractivity contribution in [3.8, 4) is 5.75 Å². The summed E-state index contributed by atoms with van der Waals surface area (Å²) in [5.74, 6) is -0.838. The van der Waals surface area contributed by atoms with Crippen LogP contribution in [0.5, 0.6) is 5.75 Å². The van der Waals surface area contributed by atoms with Crippen LogP contribution in [0.2, 0.25) is 0 Å². The molecule has 0 aliphatic carbocycles. The number of halogens is 1. The number of carbonyl (C=O) groups excluding carboxylic acids is 1. The van der Waals surface area contributed by atoms with Gasteiger partial charge in [-0.25, -0.2) is 14.4 Å². The van der Waals surface area contributed by atoms with Crippen LogP contribution < -0.4 is 25.2 Å². The third-order valence-corrected chi connectivity index (χ3v) is 6.65. The Bertz CT molecular complexity index is 1450. The van der Waals surface area contributed by atoms with Gasteiger partial charge in [-0.1, -0.05) is 4.52 Å². The molecule has 1 aromatic carbocycles. The lowest BCUT2D eigenvalue weighted by Crippen LogP contribution is -2.53. The van der Waals surface area contributed by atoms with Gasteiger partial charge in [-0.05, 0) is 56.7 Å². The number of carbonyl (C=O) groups is 1. The van der Waals surface area contributed by atoms with Gasteiger partial charge in [-0.15, -0.1) is 4.89 Å². The Morgan fingerprint density at radius 2 is 1.95 bits per heavy atom. The minimum atomic E-state index is -2.96. The van der Waals surface area contributed by atoms with E-state index < -0.39 is 32.3 Å². The Balaban J connectivity index is 1.35. The van der Waals surface area contributed by atoms with E-state index in [1.165, 1.54) is 6.07 Å². The van der Waals surface area contributed by atoms with Crippen LogP contribution in [0.4, 0.5) is 39.2 Å². The summed E-state index contributed by atoms with van der Waals surface area (Å²) >= 11 is 0. The maximum Gasteiger partial charge on any atom is 0.696 e. The molecule has 15 heteroatoms. The SMILES string of the molecule is Cc1cc(Nc2ncc(F)c(Nc3ccc4c(n3)N(CO[P+](=O)O)C(=O)C(C)(C)O4)n2)ccc1N1CCOCC1. The molecular weight excluding hydrogens is 544 g/mol. The van der Waals surface area contributed by atoms with E-state index in [4.69, 9.17) is 18.9 Å². The van der Waals surface area contributed by atoms with Crippen molar-refractivity contribution in [3.63, 3.8) is 0 Å². The fourth-order valence-corrected chi connectivity index (χ4v) is 4.62. The molecule has 1 saturated heterocycles. The second-order valence-corrected chi connectivity index (χ2v) is 10.3. The van der Waals surface area contributed by atoms with E-state index in [1.54, 1.807) is 19.9 Å². The highest BCUT2D eigenvalue weighted by Crippen LogP contribution is 2.38. The highest BCUT2D eigenvalue weighted by atomic mass is 31.1. The average molecular weight is 573 g/mol. The predicted octanol–water partition coefficient (Wildman–Crippen LogP) is 3.77. The van der Waals surface area contributed by atoms with E-state index in [1.807, 2.05) is 25.1 Å². The van der Waals surface area contributed by atoms with Crippen LogP contribution in [-0.2, 0) is 18.6 Å². The van der Waals surface area contributed by atoms with E-state index in [0.717, 1.165) is 41.1 Å². The standard InChI is InChI=1S/C25H27FN7O6P/c1-15-12-16(4-5-18(15)32-8-10-37-11-9-32)28-24-27-13-17(26)21(31-24)29-20-7-6-19-22(30-20)33(14-38-40(35)36)23(34)25(2,3)39-19/h4-7,12-13H,8-11,14H2,1-3H3,(H2-,27,28,29,30,31,35,36)/p+1. The summed E-state index contributed by atoms with van der Waals surface area (Å²) in [5, 5.41) is 5.89. The van der Waals surface area contributed by atoms with Crippen LogP contribution in [0.15, 0.2) is 36.5 Å². The van der Waals surface area contributed by atoms with Gasteiger partial charge in [0, 0.05) is 29.0 Å². The molecule has 0 bridgehead atoms. The molecule has 0 saturated carbocycles. The molecule has 3 aromatic rings. The lowest BCUT2D eigenvalue weighted by Gasteiger charge is -2.36. The van der Waals surface area contributed by atoms with E-state index >= 15 is 0 Å². The molecule has 1 unspecified atom stereocenters. The number of fused-ring (bicyclic) bond motifs is 1. The second-order valence-electron chi connectivity index (χ2n) is 9.60. The van der Waals surface area contributed by atoms with Crippen LogP contribution in [0.25, 0.3) is 0 Å². The van der Waals surface area contributed by atoms with E-state index in [2.05, 4.69) is 30.5 Å². The van der Waals surface area contributed by atoms with E-state index in [9.17, 15) is 13.8 Å². The Labute approximate surface area is 230 Å². The number of benzene rings is 1. The normalized spacial score (nSPS) is 16.7. The number of hydrogen-bond acceptors (Lipinski definition) is 11. The molecule has 4 heterocycles. The molecule has 40 heavy (non-hydrogen) atoms. The fourth-order valence-electron chi connectivity index (χ4n) is 4.40. The first-order chi connectivity index (χ1) is 19.1. The van der Waals surface area contributed by atoms with E-state index in [0.29, 0.717) is 13.2 Å². The maximum atomic E-state index is 14.7. The first-order valence-corrected chi connectivity index (χ1v) is 13.5. The molecule has 5 rings (SSSR count). The van der Waals surface area contributed by atoms with Crippen molar-refractivity contribution in [2.75, 3.05) is 53.5 Å². The van der Waals surface area contributed by atoms with Crippen molar-refractivity contribution in [1.82, 2.24) is 15.0 Å². The number of aryl methyl sites for hydroxylation is 1. The van der Waals surface area contributed by atoms with Gasteiger partial charge in [-0.3, -0.25) is 9.69 Å². The van der Waals surface area contributed by atoms with Gasteiger partial charge in [0.05, 0.1) is 19.4 Å². The molecule has 1 fully saturated rings. The summed E-state index contributed by atoms with van der Waals surface area (Å²) in [5.41, 5.74) is 1.65. The fraction of sp³-hybridized carbons (Fsp3) is 0.360. The number of morpholine rings is 1. The van der Waals surface area contributed by atoms with Crippen molar-refractivity contribution >= 4 is 48.9 Å². The Morgan fingerprint density at radius 1 is 1.18 bits per heavy atom. The quantitative estimate of drug-likeness (QED) is 0.337. The Hall–Kier alpha value is -3.97. The molecule has 210 valence electrons. The Kier molecular flexibility index (Phi) is 7.76. The minimum Gasteiger partial charge on any atom is -0.474 e. The number of rotatable bonds is 8. The number of ether oxygens (including phenoxy) is 2. The van der Waals surface area contributed by atoms with E-state index in [-0.39, 0.29) is 29.2 Å². The Morgan fingerprint density at radius 3 is 2.67 bits per heavy atom. The van der Waals surface area contributed by atoms with Gasteiger partial charge in [0.25, 0.3) is 5.91 Å². The van der Waals surface area contributed by atoms with Gasteiger partial charge in [0.15, 0.2) is 35.5 Å². The number of aromatic nitrogens is 3. The molecule has 1 atom stereocenters. The topological polar surface area (TPSA) is 151 Å².